The maximum Gasteiger partial charge on any atom is 0.416 e. The first-order valence-electron chi connectivity index (χ1n) is 14.0. The summed E-state index contributed by atoms with van der Waals surface area (Å²) in [4.78, 5) is 19.5. The molecule has 0 radical (unpaired) electrons. The molecule has 0 aromatic heterocycles. The Balaban J connectivity index is 1.15. The van der Waals surface area contributed by atoms with Crippen LogP contribution in [0.25, 0.3) is 0 Å². The van der Waals surface area contributed by atoms with E-state index in [1.807, 2.05) is 17.0 Å². The molecule has 1 amide bonds. The van der Waals surface area contributed by atoms with E-state index >= 15 is 0 Å². The average Bonchev–Trinajstić information content (AvgIpc) is 2.92. The number of aryl methyl sites for hydroxylation is 1. The van der Waals surface area contributed by atoms with Crippen molar-refractivity contribution in [3.05, 3.63) is 53.6 Å². The number of anilines is 2. The van der Waals surface area contributed by atoms with Crippen LogP contribution in [0.2, 0.25) is 0 Å². The molecular weight excluding hydrogens is 505 g/mol. The molecule has 39 heavy (non-hydrogen) atoms. The maximum absolute atomic E-state index is 13.2. The summed E-state index contributed by atoms with van der Waals surface area (Å²) in [6.07, 6.45) is -2.42. The van der Waals surface area contributed by atoms with Gasteiger partial charge in [-0.1, -0.05) is 19.9 Å². The number of carbonyl (C=O) groups is 1. The monoisotopic (exact) mass is 546 g/mol. The average molecular weight is 547 g/mol. The quantitative estimate of drug-likeness (QED) is 0.440. The molecule has 0 aliphatic carbocycles. The second-order valence-electron chi connectivity index (χ2n) is 11.1. The molecule has 0 bridgehead atoms. The van der Waals surface area contributed by atoms with Crippen LogP contribution in [0.1, 0.15) is 44.2 Å². The van der Waals surface area contributed by atoms with E-state index in [0.29, 0.717) is 37.7 Å². The van der Waals surface area contributed by atoms with E-state index in [1.165, 1.54) is 24.7 Å². The third-order valence-corrected chi connectivity index (χ3v) is 7.56. The van der Waals surface area contributed by atoms with Crippen molar-refractivity contribution in [1.29, 1.82) is 0 Å². The van der Waals surface area contributed by atoms with E-state index < -0.39 is 11.7 Å². The van der Waals surface area contributed by atoms with Gasteiger partial charge in [-0.05, 0) is 67.6 Å². The van der Waals surface area contributed by atoms with E-state index in [-0.39, 0.29) is 17.5 Å². The molecule has 2 saturated heterocycles. The summed E-state index contributed by atoms with van der Waals surface area (Å²) in [5, 5.41) is 3.24. The van der Waals surface area contributed by atoms with Crippen molar-refractivity contribution in [2.24, 2.45) is 5.92 Å². The molecule has 2 aromatic carbocycles. The number of amides is 1. The summed E-state index contributed by atoms with van der Waals surface area (Å²) in [5.41, 5.74) is 1.29. The van der Waals surface area contributed by atoms with Crippen LogP contribution in [0.3, 0.4) is 0 Å². The Hall–Kier alpha value is -2.94. The number of likely N-dealkylation sites (tertiary alicyclic amines) is 1. The van der Waals surface area contributed by atoms with Crippen molar-refractivity contribution in [2.45, 2.75) is 52.3 Å². The van der Waals surface area contributed by atoms with E-state index in [4.69, 9.17) is 4.74 Å². The van der Waals surface area contributed by atoms with Gasteiger partial charge in [-0.2, -0.15) is 13.2 Å². The molecule has 0 atom stereocenters. The van der Waals surface area contributed by atoms with Crippen molar-refractivity contribution in [3.63, 3.8) is 0 Å². The van der Waals surface area contributed by atoms with Crippen LogP contribution < -0.4 is 15.0 Å². The highest BCUT2D eigenvalue weighted by atomic mass is 19.4. The largest absolute Gasteiger partial charge is 0.493 e. The van der Waals surface area contributed by atoms with Crippen LogP contribution in [0.4, 0.5) is 24.5 Å². The molecule has 6 nitrogen and oxygen atoms in total. The number of benzene rings is 2. The van der Waals surface area contributed by atoms with Crippen LogP contribution in [0.15, 0.2) is 42.5 Å². The number of piperidine rings is 1. The Labute approximate surface area is 230 Å². The van der Waals surface area contributed by atoms with Gasteiger partial charge in [0.05, 0.1) is 12.2 Å². The van der Waals surface area contributed by atoms with Crippen LogP contribution in [0, 0.1) is 12.8 Å². The van der Waals surface area contributed by atoms with Crippen LogP contribution >= 0.6 is 0 Å². The minimum atomic E-state index is -4.36. The summed E-state index contributed by atoms with van der Waals surface area (Å²) in [7, 11) is 0. The van der Waals surface area contributed by atoms with Gasteiger partial charge in [-0.25, -0.2) is 0 Å². The molecule has 2 aromatic rings. The van der Waals surface area contributed by atoms with Crippen LogP contribution in [0.5, 0.6) is 5.75 Å². The van der Waals surface area contributed by atoms with Gasteiger partial charge in [-0.3, -0.25) is 9.69 Å². The van der Waals surface area contributed by atoms with Gasteiger partial charge in [0.1, 0.15) is 5.75 Å². The number of nitrogens with zero attached hydrogens (tertiary/aromatic N) is 3. The van der Waals surface area contributed by atoms with Gasteiger partial charge < -0.3 is 19.9 Å². The Kier molecular flexibility index (Phi) is 9.64. The number of halogens is 3. The molecule has 2 fully saturated rings. The lowest BCUT2D eigenvalue weighted by Crippen LogP contribution is -2.48. The number of piperazine rings is 1. The topological polar surface area (TPSA) is 48.1 Å². The van der Waals surface area contributed by atoms with Gasteiger partial charge in [0.2, 0.25) is 5.91 Å². The van der Waals surface area contributed by atoms with Crippen molar-refractivity contribution in [1.82, 2.24) is 9.80 Å². The van der Waals surface area contributed by atoms with Crippen molar-refractivity contribution >= 4 is 17.3 Å². The zero-order valence-corrected chi connectivity index (χ0v) is 23.3. The molecule has 2 aliphatic heterocycles. The molecule has 0 spiro atoms. The highest BCUT2D eigenvalue weighted by molar-refractivity contribution is 5.76. The van der Waals surface area contributed by atoms with Crippen LogP contribution in [-0.2, 0) is 11.0 Å². The number of hydrogen-bond acceptors (Lipinski definition) is 5. The number of rotatable bonds is 9. The lowest BCUT2D eigenvalue weighted by Gasteiger charge is -2.37. The molecule has 0 saturated carbocycles. The summed E-state index contributed by atoms with van der Waals surface area (Å²) < 4.78 is 45.5. The lowest BCUT2D eigenvalue weighted by atomic mass is 10.0. The SMILES string of the molecule is Cc1ccc(NC2CCN(C(=O)CCN3CCN(c4ccc(OCC(C)C)cc4)CC3)CC2)cc1C(F)(F)F. The third kappa shape index (κ3) is 8.27. The Morgan fingerprint density at radius 1 is 1.00 bits per heavy atom. The second-order valence-corrected chi connectivity index (χ2v) is 11.1. The zero-order valence-electron chi connectivity index (χ0n) is 23.3. The van der Waals surface area contributed by atoms with Gasteiger partial charge in [0, 0.05) is 69.7 Å². The molecule has 0 unspecified atom stereocenters. The summed E-state index contributed by atoms with van der Waals surface area (Å²) in [6.45, 7) is 12.1. The molecule has 2 heterocycles. The van der Waals surface area contributed by atoms with E-state index in [2.05, 4.69) is 41.1 Å². The highest BCUT2D eigenvalue weighted by Crippen LogP contribution is 2.34. The minimum absolute atomic E-state index is 0.0572. The van der Waals surface area contributed by atoms with Gasteiger partial charge >= 0.3 is 6.18 Å². The summed E-state index contributed by atoms with van der Waals surface area (Å²) in [5.74, 6) is 1.55. The smallest absolute Gasteiger partial charge is 0.416 e. The van der Waals surface area contributed by atoms with Crippen molar-refractivity contribution in [3.8, 4) is 5.75 Å². The summed E-state index contributed by atoms with van der Waals surface area (Å²) in [6, 6.07) is 12.7. The predicted molar refractivity (Wildman–Crippen MR) is 149 cm³/mol. The van der Waals surface area contributed by atoms with Gasteiger partial charge in [0.25, 0.3) is 0 Å². The predicted octanol–water partition coefficient (Wildman–Crippen LogP) is 5.66. The molecule has 1 N–H and O–H groups in total. The first kappa shape index (κ1) is 29.1. The first-order valence-corrected chi connectivity index (χ1v) is 14.0. The number of nitrogens with one attached hydrogen (secondary N) is 1. The molecule has 2 aliphatic rings. The zero-order chi connectivity index (χ0) is 28.0. The molecule has 4 rings (SSSR count). The molecule has 9 heteroatoms. The Morgan fingerprint density at radius 3 is 2.28 bits per heavy atom. The number of hydrogen-bond donors (Lipinski definition) is 1. The maximum atomic E-state index is 13.2. The Morgan fingerprint density at radius 2 is 1.67 bits per heavy atom. The van der Waals surface area contributed by atoms with Gasteiger partial charge in [-0.15, -0.1) is 0 Å². The summed E-state index contributed by atoms with van der Waals surface area (Å²) >= 11 is 0. The number of ether oxygens (including phenoxy) is 1. The second kappa shape index (κ2) is 12.9. The third-order valence-electron chi connectivity index (χ3n) is 7.56. The standard InChI is InChI=1S/C30H41F3N4O2/c1-22(2)21-39-27-8-6-26(7-9-27)36-18-16-35(17-19-36)13-12-29(38)37-14-10-24(11-15-37)34-25-5-4-23(3)28(20-25)30(31,32)33/h4-9,20,22,24,34H,10-19,21H2,1-3H3. The fourth-order valence-electron chi connectivity index (χ4n) is 5.18. The van der Waals surface area contributed by atoms with Crippen molar-refractivity contribution in [2.75, 3.05) is 62.6 Å². The van der Waals surface area contributed by atoms with Crippen LogP contribution in [-0.4, -0.2) is 74.2 Å². The van der Waals surface area contributed by atoms with E-state index in [9.17, 15) is 18.0 Å². The minimum Gasteiger partial charge on any atom is -0.493 e. The van der Waals surface area contributed by atoms with E-state index in [0.717, 1.165) is 51.3 Å². The fourth-order valence-corrected chi connectivity index (χ4v) is 5.18. The fraction of sp³-hybridized carbons (Fsp3) is 0.567. The molecule has 214 valence electrons. The highest BCUT2D eigenvalue weighted by Gasteiger charge is 2.33. The molecular formula is C30H41F3N4O2. The normalized spacial score (nSPS) is 17.5. The number of alkyl halides is 3. The van der Waals surface area contributed by atoms with E-state index in [1.54, 1.807) is 6.07 Å². The van der Waals surface area contributed by atoms with Crippen molar-refractivity contribution < 1.29 is 22.7 Å². The number of carbonyl (C=O) groups excluding carboxylic acids is 1. The first-order chi connectivity index (χ1) is 18.6. The lowest BCUT2D eigenvalue weighted by molar-refractivity contribution is -0.138. The Bertz CT molecular complexity index is 1070. The van der Waals surface area contributed by atoms with Gasteiger partial charge in [0.15, 0.2) is 0 Å².